The monoisotopic (exact) mass is 238 g/mol. The number of benzene rings is 1. The van der Waals surface area contributed by atoms with Gasteiger partial charge in [0.15, 0.2) is 11.6 Å². The van der Waals surface area contributed by atoms with Crippen molar-refractivity contribution >= 4 is 16.1 Å². The van der Waals surface area contributed by atoms with Gasteiger partial charge in [-0.25, -0.2) is 13.6 Å². The molecule has 0 aliphatic heterocycles. The van der Waals surface area contributed by atoms with Gasteiger partial charge in [-0.05, 0) is 12.1 Å². The largest absolute Gasteiger partial charge is 0.478 e. The van der Waals surface area contributed by atoms with E-state index >= 15 is 0 Å². The zero-order chi connectivity index (χ0) is 11.8. The standard InChI is InChI=1S/C7H4F2O5S/c8-3-1-2-4(15(12,13)14)5(6(3)9)7(10)11/h1-2H,(H,10,11)(H,12,13,14). The third-order valence-corrected chi connectivity index (χ3v) is 2.44. The highest BCUT2D eigenvalue weighted by molar-refractivity contribution is 7.86. The molecular weight excluding hydrogens is 234 g/mol. The molecule has 0 amide bonds. The van der Waals surface area contributed by atoms with Crippen molar-refractivity contribution < 1.29 is 31.7 Å². The molecular formula is C7H4F2O5S. The minimum Gasteiger partial charge on any atom is -0.478 e. The topological polar surface area (TPSA) is 91.7 Å². The average molecular weight is 238 g/mol. The maximum absolute atomic E-state index is 12.9. The van der Waals surface area contributed by atoms with E-state index < -0.39 is 38.2 Å². The summed E-state index contributed by atoms with van der Waals surface area (Å²) in [5, 5.41) is 8.45. The van der Waals surface area contributed by atoms with Gasteiger partial charge < -0.3 is 5.11 Å². The fourth-order valence-corrected chi connectivity index (χ4v) is 1.62. The molecule has 0 spiro atoms. The van der Waals surface area contributed by atoms with Gasteiger partial charge in [-0.3, -0.25) is 4.55 Å². The van der Waals surface area contributed by atoms with Gasteiger partial charge in [0.05, 0.1) is 0 Å². The summed E-state index contributed by atoms with van der Waals surface area (Å²) < 4.78 is 55.3. The minimum atomic E-state index is -4.91. The van der Waals surface area contributed by atoms with Crippen molar-refractivity contribution in [1.82, 2.24) is 0 Å². The van der Waals surface area contributed by atoms with E-state index in [2.05, 4.69) is 0 Å². The van der Waals surface area contributed by atoms with Gasteiger partial charge in [0.2, 0.25) is 0 Å². The first-order valence-electron chi connectivity index (χ1n) is 3.44. The number of carboxylic acid groups (broad SMARTS) is 1. The van der Waals surface area contributed by atoms with Gasteiger partial charge in [0, 0.05) is 0 Å². The van der Waals surface area contributed by atoms with E-state index in [4.69, 9.17) is 9.66 Å². The molecule has 0 aliphatic rings. The van der Waals surface area contributed by atoms with E-state index in [1.165, 1.54) is 0 Å². The second kappa shape index (κ2) is 3.55. The summed E-state index contributed by atoms with van der Waals surface area (Å²) in [6, 6.07) is 0.877. The SMILES string of the molecule is O=C(O)c1c(S(=O)(=O)O)ccc(F)c1F. The van der Waals surface area contributed by atoms with Crippen molar-refractivity contribution in [2.45, 2.75) is 4.90 Å². The van der Waals surface area contributed by atoms with Gasteiger partial charge in [0.1, 0.15) is 10.5 Å². The number of aromatic carboxylic acids is 1. The van der Waals surface area contributed by atoms with Crippen LogP contribution in [0.1, 0.15) is 10.4 Å². The van der Waals surface area contributed by atoms with Gasteiger partial charge in [-0.15, -0.1) is 0 Å². The van der Waals surface area contributed by atoms with E-state index in [9.17, 15) is 22.0 Å². The van der Waals surface area contributed by atoms with Gasteiger partial charge in [-0.2, -0.15) is 8.42 Å². The van der Waals surface area contributed by atoms with E-state index in [-0.39, 0.29) is 0 Å². The Labute approximate surface area is 82.7 Å². The molecule has 2 N–H and O–H groups in total. The molecule has 82 valence electrons. The molecule has 0 saturated heterocycles. The predicted molar refractivity (Wildman–Crippen MR) is 43.1 cm³/mol. The Balaban J connectivity index is 3.70. The number of halogens is 2. The van der Waals surface area contributed by atoms with Crippen LogP contribution in [0.2, 0.25) is 0 Å². The van der Waals surface area contributed by atoms with Crippen LogP contribution in [0.4, 0.5) is 8.78 Å². The fourth-order valence-electron chi connectivity index (χ4n) is 0.947. The molecule has 1 aromatic rings. The van der Waals surface area contributed by atoms with E-state index in [0.29, 0.717) is 12.1 Å². The number of hydrogen-bond donors (Lipinski definition) is 2. The lowest BCUT2D eigenvalue weighted by Gasteiger charge is -2.04. The number of rotatable bonds is 2. The average Bonchev–Trinajstić information content (AvgIpc) is 2.06. The van der Waals surface area contributed by atoms with E-state index in [1.807, 2.05) is 0 Å². The Morgan fingerprint density at radius 2 is 1.80 bits per heavy atom. The molecule has 0 bridgehead atoms. The molecule has 1 rings (SSSR count). The van der Waals surface area contributed by atoms with E-state index in [0.717, 1.165) is 0 Å². The molecule has 0 atom stereocenters. The van der Waals surface area contributed by atoms with Crippen LogP contribution >= 0.6 is 0 Å². The van der Waals surface area contributed by atoms with Crippen molar-refractivity contribution in [3.8, 4) is 0 Å². The first-order chi connectivity index (χ1) is 6.75. The van der Waals surface area contributed by atoms with Crippen LogP contribution in [0.3, 0.4) is 0 Å². The highest BCUT2D eigenvalue weighted by Gasteiger charge is 2.26. The molecule has 0 fully saturated rings. The lowest BCUT2D eigenvalue weighted by atomic mass is 10.2. The van der Waals surface area contributed by atoms with Crippen LogP contribution in [0.25, 0.3) is 0 Å². The van der Waals surface area contributed by atoms with Crippen LogP contribution in [0.5, 0.6) is 0 Å². The summed E-state index contributed by atoms with van der Waals surface area (Å²) in [4.78, 5) is 9.27. The number of carboxylic acids is 1. The Bertz CT molecular complexity index is 522. The summed E-state index contributed by atoms with van der Waals surface area (Å²) in [7, 11) is -4.91. The van der Waals surface area contributed by atoms with Crippen LogP contribution in [-0.2, 0) is 10.1 Å². The third-order valence-electron chi connectivity index (χ3n) is 1.55. The van der Waals surface area contributed by atoms with Crippen molar-refractivity contribution in [3.63, 3.8) is 0 Å². The highest BCUT2D eigenvalue weighted by Crippen LogP contribution is 2.21. The maximum atomic E-state index is 12.9. The summed E-state index contributed by atoms with van der Waals surface area (Å²) in [6.45, 7) is 0. The number of hydrogen-bond acceptors (Lipinski definition) is 3. The molecule has 8 heteroatoms. The predicted octanol–water partition coefficient (Wildman–Crippen LogP) is 0.910. The highest BCUT2D eigenvalue weighted by atomic mass is 32.2. The fraction of sp³-hybridized carbons (Fsp3) is 0. The van der Waals surface area contributed by atoms with Crippen molar-refractivity contribution in [2.24, 2.45) is 0 Å². The van der Waals surface area contributed by atoms with Crippen LogP contribution in [0, 0.1) is 11.6 Å². The molecule has 5 nitrogen and oxygen atoms in total. The minimum absolute atomic E-state index is 0.408. The molecule has 15 heavy (non-hydrogen) atoms. The van der Waals surface area contributed by atoms with E-state index in [1.54, 1.807) is 0 Å². The Hall–Kier alpha value is -1.54. The summed E-state index contributed by atoms with van der Waals surface area (Å²) >= 11 is 0. The molecule has 0 saturated carbocycles. The van der Waals surface area contributed by atoms with Gasteiger partial charge in [-0.1, -0.05) is 0 Å². The molecule has 0 unspecified atom stereocenters. The second-order valence-corrected chi connectivity index (χ2v) is 3.90. The van der Waals surface area contributed by atoms with Crippen LogP contribution in [0.15, 0.2) is 17.0 Å². The smallest absolute Gasteiger partial charge is 0.340 e. The summed E-state index contributed by atoms with van der Waals surface area (Å²) in [6.07, 6.45) is 0. The molecule has 0 radical (unpaired) electrons. The molecule has 0 aliphatic carbocycles. The summed E-state index contributed by atoms with van der Waals surface area (Å²) in [5.74, 6) is -5.34. The zero-order valence-corrected chi connectivity index (χ0v) is 7.75. The first-order valence-corrected chi connectivity index (χ1v) is 4.88. The maximum Gasteiger partial charge on any atom is 0.340 e. The first kappa shape index (κ1) is 11.5. The Kier molecular flexibility index (Phi) is 2.73. The Morgan fingerprint density at radius 3 is 2.20 bits per heavy atom. The van der Waals surface area contributed by atoms with Crippen molar-refractivity contribution in [2.75, 3.05) is 0 Å². The van der Waals surface area contributed by atoms with Crippen molar-refractivity contribution in [3.05, 3.63) is 29.3 Å². The lowest BCUT2D eigenvalue weighted by molar-refractivity contribution is 0.0685. The molecule has 1 aromatic carbocycles. The Morgan fingerprint density at radius 1 is 1.27 bits per heavy atom. The van der Waals surface area contributed by atoms with Gasteiger partial charge in [0.25, 0.3) is 10.1 Å². The molecule has 0 aromatic heterocycles. The number of carbonyl (C=O) groups is 1. The molecule has 0 heterocycles. The van der Waals surface area contributed by atoms with Gasteiger partial charge >= 0.3 is 5.97 Å². The normalized spacial score (nSPS) is 11.4. The van der Waals surface area contributed by atoms with Crippen molar-refractivity contribution in [1.29, 1.82) is 0 Å². The quantitative estimate of drug-likeness (QED) is 0.747. The van der Waals surface area contributed by atoms with Crippen LogP contribution in [-0.4, -0.2) is 24.0 Å². The zero-order valence-electron chi connectivity index (χ0n) is 6.94. The third kappa shape index (κ3) is 2.10. The second-order valence-electron chi connectivity index (χ2n) is 2.51. The van der Waals surface area contributed by atoms with Crippen LogP contribution < -0.4 is 0 Å². The summed E-state index contributed by atoms with van der Waals surface area (Å²) in [5.41, 5.74) is -1.42. The lowest BCUT2D eigenvalue weighted by Crippen LogP contribution is -2.11.